The van der Waals surface area contributed by atoms with Crippen molar-refractivity contribution in [2.24, 2.45) is 0 Å². The molecule has 3 heterocycles. The minimum atomic E-state index is 0.171. The molecule has 6 heteroatoms. The fourth-order valence-corrected chi connectivity index (χ4v) is 3.37. The van der Waals surface area contributed by atoms with E-state index in [1.54, 1.807) is 24.5 Å². The number of carbonyl (C=O) groups is 1. The number of carbonyl (C=O) groups excluding carboxylic acids is 1. The van der Waals surface area contributed by atoms with Gasteiger partial charge in [0.25, 0.3) is 0 Å². The molecule has 1 amide bonds. The maximum atomic E-state index is 11.3. The second-order valence-electron chi connectivity index (χ2n) is 5.20. The van der Waals surface area contributed by atoms with Crippen molar-refractivity contribution in [2.75, 3.05) is 18.4 Å². The van der Waals surface area contributed by atoms with Crippen molar-refractivity contribution >= 4 is 28.2 Å². The van der Waals surface area contributed by atoms with Crippen LogP contribution in [-0.4, -0.2) is 33.9 Å². The van der Waals surface area contributed by atoms with Crippen LogP contribution < -0.4 is 5.32 Å². The SMILES string of the molecule is CC(=O)N1CCC(c2csc(Nc3ccccn3)n2)CC1. The van der Waals surface area contributed by atoms with Crippen molar-refractivity contribution in [3.63, 3.8) is 0 Å². The summed E-state index contributed by atoms with van der Waals surface area (Å²) in [6.07, 6.45) is 3.74. The van der Waals surface area contributed by atoms with Gasteiger partial charge in [0.2, 0.25) is 5.91 Å². The average Bonchev–Trinajstić information content (AvgIpc) is 2.97. The van der Waals surface area contributed by atoms with Gasteiger partial charge in [-0.05, 0) is 25.0 Å². The summed E-state index contributed by atoms with van der Waals surface area (Å²) in [6, 6.07) is 5.76. The van der Waals surface area contributed by atoms with E-state index < -0.39 is 0 Å². The largest absolute Gasteiger partial charge is 0.343 e. The molecule has 0 atom stereocenters. The molecule has 5 nitrogen and oxygen atoms in total. The molecule has 1 fully saturated rings. The number of hydrogen-bond acceptors (Lipinski definition) is 5. The quantitative estimate of drug-likeness (QED) is 0.947. The molecule has 1 N–H and O–H groups in total. The standard InChI is InChI=1S/C15H18N4OS/c1-11(20)19-8-5-12(6-9-19)13-10-21-15(17-13)18-14-4-2-3-7-16-14/h2-4,7,10,12H,5-6,8-9H2,1H3,(H,16,17,18). The van der Waals surface area contributed by atoms with Gasteiger partial charge < -0.3 is 10.2 Å². The highest BCUT2D eigenvalue weighted by atomic mass is 32.1. The molecule has 2 aromatic heterocycles. The number of amides is 1. The van der Waals surface area contributed by atoms with Crippen LogP contribution in [0.1, 0.15) is 31.4 Å². The molecule has 0 aromatic carbocycles. The van der Waals surface area contributed by atoms with E-state index in [0.717, 1.165) is 42.6 Å². The van der Waals surface area contributed by atoms with Crippen LogP contribution in [0.15, 0.2) is 29.8 Å². The van der Waals surface area contributed by atoms with Gasteiger partial charge in [-0.25, -0.2) is 9.97 Å². The van der Waals surface area contributed by atoms with E-state index in [0.29, 0.717) is 5.92 Å². The first kappa shape index (κ1) is 14.0. The first-order valence-electron chi connectivity index (χ1n) is 7.11. The molecule has 2 aromatic rings. The molecule has 0 bridgehead atoms. The van der Waals surface area contributed by atoms with Crippen molar-refractivity contribution in [2.45, 2.75) is 25.7 Å². The molecule has 110 valence electrons. The Morgan fingerprint density at radius 1 is 1.38 bits per heavy atom. The predicted molar refractivity (Wildman–Crippen MR) is 83.9 cm³/mol. The minimum Gasteiger partial charge on any atom is -0.343 e. The maximum absolute atomic E-state index is 11.3. The van der Waals surface area contributed by atoms with E-state index in [-0.39, 0.29) is 5.91 Å². The van der Waals surface area contributed by atoms with Crippen LogP contribution in [0.4, 0.5) is 10.9 Å². The fourth-order valence-electron chi connectivity index (χ4n) is 2.57. The van der Waals surface area contributed by atoms with Gasteiger partial charge in [0, 0.05) is 37.5 Å². The van der Waals surface area contributed by atoms with Gasteiger partial charge in [0.15, 0.2) is 5.13 Å². The van der Waals surface area contributed by atoms with Crippen molar-refractivity contribution in [1.29, 1.82) is 0 Å². The van der Waals surface area contributed by atoms with Crippen LogP contribution in [0.25, 0.3) is 0 Å². The van der Waals surface area contributed by atoms with E-state index in [9.17, 15) is 4.79 Å². The minimum absolute atomic E-state index is 0.171. The molecule has 1 aliphatic rings. The monoisotopic (exact) mass is 302 g/mol. The lowest BCUT2D eigenvalue weighted by Crippen LogP contribution is -2.36. The normalized spacial score (nSPS) is 16.0. The van der Waals surface area contributed by atoms with Crippen LogP contribution in [0.3, 0.4) is 0 Å². The van der Waals surface area contributed by atoms with Crippen LogP contribution in [-0.2, 0) is 4.79 Å². The summed E-state index contributed by atoms with van der Waals surface area (Å²) in [5.74, 6) is 1.44. The zero-order chi connectivity index (χ0) is 14.7. The summed E-state index contributed by atoms with van der Waals surface area (Å²) in [7, 11) is 0. The number of anilines is 2. The Balaban J connectivity index is 1.62. The number of piperidine rings is 1. The number of nitrogens with one attached hydrogen (secondary N) is 1. The maximum Gasteiger partial charge on any atom is 0.219 e. The molecular weight excluding hydrogens is 284 g/mol. The van der Waals surface area contributed by atoms with Crippen molar-refractivity contribution < 1.29 is 4.79 Å². The molecule has 0 radical (unpaired) electrons. The summed E-state index contributed by atoms with van der Waals surface area (Å²) < 4.78 is 0. The van der Waals surface area contributed by atoms with Crippen LogP contribution in [0, 0.1) is 0 Å². The molecule has 0 saturated carbocycles. The number of rotatable bonds is 3. The van der Waals surface area contributed by atoms with Gasteiger partial charge in [-0.3, -0.25) is 4.79 Å². The third-order valence-electron chi connectivity index (χ3n) is 3.78. The Morgan fingerprint density at radius 3 is 2.86 bits per heavy atom. The number of hydrogen-bond donors (Lipinski definition) is 1. The molecule has 1 aliphatic heterocycles. The predicted octanol–water partition coefficient (Wildman–Crippen LogP) is 3.01. The highest BCUT2D eigenvalue weighted by molar-refractivity contribution is 7.13. The Kier molecular flexibility index (Phi) is 4.15. The summed E-state index contributed by atoms with van der Waals surface area (Å²) in [6.45, 7) is 3.30. The van der Waals surface area contributed by atoms with E-state index >= 15 is 0 Å². The first-order chi connectivity index (χ1) is 10.2. The summed E-state index contributed by atoms with van der Waals surface area (Å²) in [4.78, 5) is 22.2. The molecule has 0 spiro atoms. The summed E-state index contributed by atoms with van der Waals surface area (Å²) >= 11 is 1.60. The Morgan fingerprint density at radius 2 is 2.19 bits per heavy atom. The lowest BCUT2D eigenvalue weighted by atomic mass is 9.94. The highest BCUT2D eigenvalue weighted by Crippen LogP contribution is 2.31. The second-order valence-corrected chi connectivity index (χ2v) is 6.06. The van der Waals surface area contributed by atoms with Crippen LogP contribution in [0.5, 0.6) is 0 Å². The molecule has 3 rings (SSSR count). The van der Waals surface area contributed by atoms with Gasteiger partial charge in [0.1, 0.15) is 5.82 Å². The Hall–Kier alpha value is -1.95. The number of pyridine rings is 1. The van der Waals surface area contributed by atoms with Crippen molar-refractivity contribution in [3.8, 4) is 0 Å². The molecule has 0 aliphatic carbocycles. The Labute approximate surface area is 128 Å². The number of nitrogens with zero attached hydrogens (tertiary/aromatic N) is 3. The van der Waals surface area contributed by atoms with Crippen LogP contribution >= 0.6 is 11.3 Å². The smallest absolute Gasteiger partial charge is 0.219 e. The fraction of sp³-hybridized carbons (Fsp3) is 0.400. The summed E-state index contributed by atoms with van der Waals surface area (Å²) in [5, 5.41) is 6.21. The van der Waals surface area contributed by atoms with Crippen molar-refractivity contribution in [1.82, 2.24) is 14.9 Å². The van der Waals surface area contributed by atoms with Crippen LogP contribution in [0.2, 0.25) is 0 Å². The molecule has 1 saturated heterocycles. The second kappa shape index (κ2) is 6.22. The van der Waals surface area contributed by atoms with E-state index in [4.69, 9.17) is 0 Å². The van der Waals surface area contributed by atoms with Gasteiger partial charge in [-0.1, -0.05) is 6.07 Å². The topological polar surface area (TPSA) is 58.1 Å². The van der Waals surface area contributed by atoms with E-state index in [1.165, 1.54) is 0 Å². The van der Waals surface area contributed by atoms with E-state index in [2.05, 4.69) is 20.7 Å². The summed E-state index contributed by atoms with van der Waals surface area (Å²) in [5.41, 5.74) is 1.13. The zero-order valence-corrected chi connectivity index (χ0v) is 12.8. The lowest BCUT2D eigenvalue weighted by Gasteiger charge is -2.30. The lowest BCUT2D eigenvalue weighted by molar-refractivity contribution is -0.129. The van der Waals surface area contributed by atoms with E-state index in [1.807, 2.05) is 23.1 Å². The van der Waals surface area contributed by atoms with Gasteiger partial charge >= 0.3 is 0 Å². The Bertz CT molecular complexity index is 605. The van der Waals surface area contributed by atoms with Crippen molar-refractivity contribution in [3.05, 3.63) is 35.5 Å². The third-order valence-corrected chi connectivity index (χ3v) is 4.56. The van der Waals surface area contributed by atoms with Gasteiger partial charge in [-0.2, -0.15) is 0 Å². The number of likely N-dealkylation sites (tertiary alicyclic amines) is 1. The zero-order valence-electron chi connectivity index (χ0n) is 12.0. The first-order valence-corrected chi connectivity index (χ1v) is 7.99. The number of thiazole rings is 1. The molecule has 21 heavy (non-hydrogen) atoms. The molecular formula is C15H18N4OS. The molecule has 0 unspecified atom stereocenters. The number of aromatic nitrogens is 2. The van der Waals surface area contributed by atoms with Gasteiger partial charge in [-0.15, -0.1) is 11.3 Å². The highest BCUT2D eigenvalue weighted by Gasteiger charge is 2.23. The third kappa shape index (κ3) is 3.39. The van der Waals surface area contributed by atoms with Gasteiger partial charge in [0.05, 0.1) is 5.69 Å². The average molecular weight is 302 g/mol.